The topological polar surface area (TPSA) is 98.4 Å². The van der Waals surface area contributed by atoms with Crippen molar-refractivity contribution in [3.8, 4) is 0 Å². The molecule has 0 radical (unpaired) electrons. The van der Waals surface area contributed by atoms with E-state index in [-0.39, 0.29) is 37.1 Å². The molecule has 2 N–H and O–H groups in total. The molecule has 3 aliphatic rings. The Morgan fingerprint density at radius 1 is 1.21 bits per heavy atom. The third-order valence-corrected chi connectivity index (χ3v) is 9.08. The number of aromatic nitrogens is 2. The third-order valence-electron chi connectivity index (χ3n) is 7.23. The Morgan fingerprint density at radius 2 is 1.97 bits per heavy atom. The highest BCUT2D eigenvalue weighted by molar-refractivity contribution is 7.89. The summed E-state index contributed by atoms with van der Waals surface area (Å²) in [6.07, 6.45) is -1.08. The summed E-state index contributed by atoms with van der Waals surface area (Å²) in [5, 5.41) is 3.64. The number of pyridine rings is 1. The first-order chi connectivity index (χ1) is 16.1. The molecule has 8 nitrogen and oxygen atoms in total. The predicted octanol–water partition coefficient (Wildman–Crippen LogP) is 2.66. The molecule has 186 valence electrons. The van der Waals surface area contributed by atoms with Crippen LogP contribution in [0.5, 0.6) is 0 Å². The maximum Gasteiger partial charge on any atom is 0.405 e. The number of piperazine rings is 1. The first-order valence-corrected chi connectivity index (χ1v) is 13.2. The lowest BCUT2D eigenvalue weighted by atomic mass is 9.86. The second kappa shape index (κ2) is 8.49. The number of nitrogens with zero attached hydrogens (tertiary/aromatic N) is 3. The van der Waals surface area contributed by atoms with E-state index in [2.05, 4.69) is 21.4 Å². The fourth-order valence-electron chi connectivity index (χ4n) is 5.25. The molecule has 3 unspecified atom stereocenters. The summed E-state index contributed by atoms with van der Waals surface area (Å²) in [6.45, 7) is 0.602. The fourth-order valence-corrected chi connectivity index (χ4v) is 6.34. The minimum Gasteiger partial charge on any atom is -0.343 e. The summed E-state index contributed by atoms with van der Waals surface area (Å²) >= 11 is 0. The van der Waals surface area contributed by atoms with Crippen LogP contribution in [0.15, 0.2) is 18.3 Å². The zero-order chi connectivity index (χ0) is 24.3. The van der Waals surface area contributed by atoms with Gasteiger partial charge < -0.3 is 10.3 Å². The second-order valence-electron chi connectivity index (χ2n) is 9.44. The highest BCUT2D eigenvalue weighted by Gasteiger charge is 2.51. The van der Waals surface area contributed by atoms with Gasteiger partial charge >= 0.3 is 6.18 Å². The van der Waals surface area contributed by atoms with E-state index in [9.17, 15) is 26.4 Å². The van der Waals surface area contributed by atoms with Gasteiger partial charge in [0, 0.05) is 43.3 Å². The molecule has 3 fully saturated rings. The molecule has 4 heterocycles. The number of aromatic amines is 1. The lowest BCUT2D eigenvalue weighted by Gasteiger charge is -2.47. The maximum absolute atomic E-state index is 14.0. The normalized spacial score (nSPS) is 27.8. The number of fused-ring (bicyclic) bond motifs is 1. The van der Waals surface area contributed by atoms with Gasteiger partial charge in [-0.15, -0.1) is 0 Å². The van der Waals surface area contributed by atoms with Crippen molar-refractivity contribution in [3.63, 3.8) is 0 Å². The SMILES string of the molecule is CCS(=O)(=O)N1CCN(C2CC(c3ccnc4[nH]c(C5CC5)cc34)CC(=O)N2)C(C(F)(F)F)C1. The average molecular weight is 500 g/mol. The molecular weight excluding hydrogens is 471 g/mol. The van der Waals surface area contributed by atoms with Gasteiger partial charge in [-0.05, 0) is 55.7 Å². The van der Waals surface area contributed by atoms with E-state index in [1.54, 1.807) is 6.20 Å². The van der Waals surface area contributed by atoms with E-state index in [1.807, 2.05) is 6.07 Å². The first-order valence-electron chi connectivity index (χ1n) is 11.6. The average Bonchev–Trinajstić information content (AvgIpc) is 3.55. The van der Waals surface area contributed by atoms with Gasteiger partial charge in [-0.3, -0.25) is 9.69 Å². The molecule has 12 heteroatoms. The van der Waals surface area contributed by atoms with Crippen molar-refractivity contribution in [1.82, 2.24) is 24.5 Å². The van der Waals surface area contributed by atoms with Crippen molar-refractivity contribution >= 4 is 27.0 Å². The number of sulfonamides is 1. The molecule has 0 bridgehead atoms. The zero-order valence-electron chi connectivity index (χ0n) is 18.8. The van der Waals surface area contributed by atoms with Crippen LogP contribution in [0.25, 0.3) is 11.0 Å². The van der Waals surface area contributed by atoms with Crippen LogP contribution in [0.3, 0.4) is 0 Å². The summed E-state index contributed by atoms with van der Waals surface area (Å²) < 4.78 is 67.5. The van der Waals surface area contributed by atoms with Gasteiger partial charge in [-0.25, -0.2) is 13.4 Å². The zero-order valence-corrected chi connectivity index (χ0v) is 19.6. The molecule has 2 aliphatic heterocycles. The standard InChI is InChI=1S/C22H28F3N5O3S/c1-2-34(32,33)29-7-8-30(18(12-29)22(23,24)25)19-9-14(10-20(31)28-19)15-5-6-26-21-16(15)11-17(27-21)13-3-4-13/h5-6,11,13-14,18-19H,2-4,7-10,12H2,1H3,(H,26,27)(H,28,31). The molecule has 0 spiro atoms. The van der Waals surface area contributed by atoms with E-state index in [0.717, 1.165) is 39.4 Å². The van der Waals surface area contributed by atoms with Crippen molar-refractivity contribution in [2.24, 2.45) is 0 Å². The largest absolute Gasteiger partial charge is 0.405 e. The Balaban J connectivity index is 1.42. The van der Waals surface area contributed by atoms with Gasteiger partial charge in [-0.1, -0.05) is 0 Å². The van der Waals surface area contributed by atoms with Crippen LogP contribution in [0, 0.1) is 0 Å². The molecule has 2 aromatic rings. The molecule has 2 aromatic heterocycles. The van der Waals surface area contributed by atoms with Crippen molar-refractivity contribution < 1.29 is 26.4 Å². The number of amides is 1. The number of halogens is 3. The number of hydrogen-bond donors (Lipinski definition) is 2. The smallest absolute Gasteiger partial charge is 0.343 e. The minimum absolute atomic E-state index is 0.0398. The van der Waals surface area contributed by atoms with Gasteiger partial charge in [0.1, 0.15) is 11.7 Å². The van der Waals surface area contributed by atoms with Crippen LogP contribution in [0.4, 0.5) is 13.2 Å². The summed E-state index contributed by atoms with van der Waals surface area (Å²) in [4.78, 5) is 21.6. The molecule has 0 aromatic carbocycles. The van der Waals surface area contributed by atoms with Crippen LogP contribution in [-0.4, -0.2) is 77.3 Å². The molecule has 1 saturated carbocycles. The summed E-state index contributed by atoms with van der Waals surface area (Å²) in [7, 11) is -3.75. The van der Waals surface area contributed by atoms with Crippen LogP contribution in [0.2, 0.25) is 0 Å². The Bertz CT molecular complexity index is 1190. The summed E-state index contributed by atoms with van der Waals surface area (Å²) in [6, 6.07) is 1.92. The Labute approximate surface area is 195 Å². The summed E-state index contributed by atoms with van der Waals surface area (Å²) in [5.74, 6) is -0.336. The highest BCUT2D eigenvalue weighted by atomic mass is 32.2. The molecule has 34 heavy (non-hydrogen) atoms. The number of carbonyl (C=O) groups is 1. The van der Waals surface area contributed by atoms with E-state index in [1.165, 1.54) is 11.8 Å². The van der Waals surface area contributed by atoms with Gasteiger partial charge in [0.05, 0.1) is 11.9 Å². The first kappa shape index (κ1) is 23.6. The quantitative estimate of drug-likeness (QED) is 0.659. The second-order valence-corrected chi connectivity index (χ2v) is 11.7. The van der Waals surface area contributed by atoms with Crippen LogP contribution in [0.1, 0.15) is 55.7 Å². The van der Waals surface area contributed by atoms with Crippen molar-refractivity contribution in [1.29, 1.82) is 0 Å². The number of rotatable bonds is 5. The van der Waals surface area contributed by atoms with Gasteiger partial charge in [-0.2, -0.15) is 17.5 Å². The highest BCUT2D eigenvalue weighted by Crippen LogP contribution is 2.42. The van der Waals surface area contributed by atoms with Gasteiger partial charge in [0.2, 0.25) is 15.9 Å². The predicted molar refractivity (Wildman–Crippen MR) is 120 cm³/mol. The molecule has 3 atom stereocenters. The lowest BCUT2D eigenvalue weighted by molar-refractivity contribution is -0.202. The molecule has 2 saturated heterocycles. The number of hydrogen-bond acceptors (Lipinski definition) is 5. The number of carbonyl (C=O) groups excluding carboxylic acids is 1. The monoisotopic (exact) mass is 499 g/mol. The van der Waals surface area contributed by atoms with Crippen LogP contribution >= 0.6 is 0 Å². The number of H-pyrrole nitrogens is 1. The minimum atomic E-state index is -4.64. The van der Waals surface area contributed by atoms with E-state index in [4.69, 9.17) is 0 Å². The molecule has 1 amide bonds. The van der Waals surface area contributed by atoms with Crippen molar-refractivity contribution in [2.75, 3.05) is 25.4 Å². The van der Waals surface area contributed by atoms with E-state index in [0.29, 0.717) is 12.3 Å². The molecule has 1 aliphatic carbocycles. The Kier molecular flexibility index (Phi) is 5.88. The number of alkyl halides is 3. The maximum atomic E-state index is 14.0. The van der Waals surface area contributed by atoms with Gasteiger partial charge in [0.15, 0.2) is 0 Å². The van der Waals surface area contributed by atoms with Crippen molar-refractivity contribution in [2.45, 2.75) is 62.8 Å². The number of piperidine rings is 1. The van der Waals surface area contributed by atoms with Crippen LogP contribution in [-0.2, 0) is 14.8 Å². The Hall–Kier alpha value is -2.18. The summed E-state index contributed by atoms with van der Waals surface area (Å²) in [5.41, 5.74) is 2.74. The van der Waals surface area contributed by atoms with Gasteiger partial charge in [0.25, 0.3) is 0 Å². The van der Waals surface area contributed by atoms with Crippen LogP contribution < -0.4 is 5.32 Å². The molecule has 5 rings (SSSR count). The lowest BCUT2D eigenvalue weighted by Crippen LogP contribution is -2.66. The Morgan fingerprint density at radius 3 is 2.65 bits per heavy atom. The van der Waals surface area contributed by atoms with Crippen molar-refractivity contribution in [3.05, 3.63) is 29.6 Å². The fraction of sp³-hybridized carbons (Fsp3) is 0.636. The third kappa shape index (κ3) is 4.42. The molecular formula is C22H28F3N5O3S. The number of nitrogens with one attached hydrogen (secondary N) is 2. The van der Waals surface area contributed by atoms with E-state index < -0.39 is 35.0 Å². The van der Waals surface area contributed by atoms with E-state index >= 15 is 0 Å².